The van der Waals surface area contributed by atoms with Crippen LogP contribution < -0.4 is 15.0 Å². The molecule has 0 spiro atoms. The highest BCUT2D eigenvalue weighted by Gasteiger charge is 2.25. The largest absolute Gasteiger partial charge is 0.481 e. The van der Waals surface area contributed by atoms with Crippen LogP contribution in [0.15, 0.2) is 67.3 Å². The normalized spacial score (nSPS) is 13.6. The second-order valence-corrected chi connectivity index (χ2v) is 8.45. The number of anilines is 2. The van der Waals surface area contributed by atoms with Crippen molar-refractivity contribution in [3.05, 3.63) is 78.6 Å². The smallest absolute Gasteiger partial charge is 0.257 e. The summed E-state index contributed by atoms with van der Waals surface area (Å²) in [4.78, 5) is 38.0. The molecule has 9 nitrogen and oxygen atoms in total. The lowest BCUT2D eigenvalue weighted by Crippen LogP contribution is -2.50. The van der Waals surface area contributed by atoms with Crippen molar-refractivity contribution >= 4 is 34.1 Å². The number of carbonyl (C=O) groups excluding carboxylic acids is 2. The van der Waals surface area contributed by atoms with E-state index in [0.717, 1.165) is 10.9 Å². The Hall–Kier alpha value is -4.47. The van der Waals surface area contributed by atoms with Crippen LogP contribution in [0.5, 0.6) is 5.88 Å². The number of methoxy groups -OCH3 is 1. The van der Waals surface area contributed by atoms with E-state index < -0.39 is 11.7 Å². The fourth-order valence-electron chi connectivity index (χ4n) is 4.37. The molecule has 1 fully saturated rings. The molecule has 184 valence electrons. The number of halogens is 1. The van der Waals surface area contributed by atoms with E-state index in [9.17, 15) is 14.0 Å². The number of amides is 2. The van der Waals surface area contributed by atoms with Crippen molar-refractivity contribution in [3.8, 4) is 5.88 Å². The Morgan fingerprint density at radius 1 is 1.06 bits per heavy atom. The van der Waals surface area contributed by atoms with Crippen molar-refractivity contribution < 1.29 is 18.7 Å². The zero-order valence-electron chi connectivity index (χ0n) is 19.7. The standard InChI is InChI=1S/C26H25FN6O3/c1-36-24-15-20(5-8-29-24)30-26(35)21-14-19(27)2-3-22(21)31-10-12-32(13-11-31)25(34)17-33-9-6-18-4-7-28-16-23(18)33/h2-9,14-16H,10-13,17H2,1H3,(H,29,30,35). The Bertz CT molecular complexity index is 1410. The number of carbonyl (C=O) groups is 2. The van der Waals surface area contributed by atoms with Crippen molar-refractivity contribution in [2.24, 2.45) is 0 Å². The molecule has 5 rings (SSSR count). The van der Waals surface area contributed by atoms with Crippen LogP contribution in [0.25, 0.3) is 10.9 Å². The summed E-state index contributed by atoms with van der Waals surface area (Å²) in [5, 5.41) is 3.82. The van der Waals surface area contributed by atoms with Gasteiger partial charge in [0, 0.05) is 67.6 Å². The van der Waals surface area contributed by atoms with Crippen molar-refractivity contribution in [1.29, 1.82) is 0 Å². The van der Waals surface area contributed by atoms with Crippen LogP contribution in [0.1, 0.15) is 10.4 Å². The van der Waals surface area contributed by atoms with Crippen molar-refractivity contribution in [1.82, 2.24) is 19.4 Å². The Morgan fingerprint density at radius 3 is 2.69 bits per heavy atom. The molecule has 0 unspecified atom stereocenters. The summed E-state index contributed by atoms with van der Waals surface area (Å²) < 4.78 is 21.1. The van der Waals surface area contributed by atoms with Crippen molar-refractivity contribution in [2.75, 3.05) is 43.5 Å². The molecule has 1 aliphatic heterocycles. The first kappa shape index (κ1) is 23.3. The Kier molecular flexibility index (Phi) is 6.48. The summed E-state index contributed by atoms with van der Waals surface area (Å²) >= 11 is 0. The maximum absolute atomic E-state index is 14.1. The maximum atomic E-state index is 14.1. The minimum Gasteiger partial charge on any atom is -0.481 e. The van der Waals surface area contributed by atoms with Crippen LogP contribution in [0.2, 0.25) is 0 Å². The number of hydrogen-bond acceptors (Lipinski definition) is 6. The monoisotopic (exact) mass is 488 g/mol. The molecule has 0 radical (unpaired) electrons. The lowest BCUT2D eigenvalue weighted by molar-refractivity contribution is -0.132. The summed E-state index contributed by atoms with van der Waals surface area (Å²) in [6.07, 6.45) is 6.89. The predicted molar refractivity (Wildman–Crippen MR) is 134 cm³/mol. The van der Waals surface area contributed by atoms with Gasteiger partial charge in [-0.2, -0.15) is 0 Å². The second kappa shape index (κ2) is 10.0. The molecule has 4 aromatic rings. The van der Waals surface area contributed by atoms with Gasteiger partial charge in [0.2, 0.25) is 11.8 Å². The molecular weight excluding hydrogens is 463 g/mol. The topological polar surface area (TPSA) is 92.6 Å². The lowest BCUT2D eigenvalue weighted by Gasteiger charge is -2.37. The van der Waals surface area contributed by atoms with Crippen LogP contribution in [-0.4, -0.2) is 64.5 Å². The second-order valence-electron chi connectivity index (χ2n) is 8.45. The Morgan fingerprint density at radius 2 is 1.89 bits per heavy atom. The lowest BCUT2D eigenvalue weighted by atomic mass is 10.1. The van der Waals surface area contributed by atoms with Gasteiger partial charge in [-0.25, -0.2) is 9.37 Å². The highest BCUT2D eigenvalue weighted by molar-refractivity contribution is 6.08. The molecule has 1 saturated heterocycles. The van der Waals surface area contributed by atoms with Gasteiger partial charge in [-0.3, -0.25) is 14.6 Å². The molecule has 0 atom stereocenters. The van der Waals surface area contributed by atoms with Crippen LogP contribution in [0.3, 0.4) is 0 Å². The summed E-state index contributed by atoms with van der Waals surface area (Å²) in [5.41, 5.74) is 2.24. The molecular formula is C26H25FN6O3. The highest BCUT2D eigenvalue weighted by atomic mass is 19.1. The first-order valence-electron chi connectivity index (χ1n) is 11.5. The van der Waals surface area contributed by atoms with Gasteiger partial charge in [-0.05, 0) is 36.4 Å². The molecule has 10 heteroatoms. The van der Waals surface area contributed by atoms with E-state index >= 15 is 0 Å². The number of pyridine rings is 2. The van der Waals surface area contributed by atoms with Crippen LogP contribution >= 0.6 is 0 Å². The van der Waals surface area contributed by atoms with Gasteiger partial charge in [0.05, 0.1) is 24.4 Å². The van der Waals surface area contributed by atoms with Gasteiger partial charge < -0.3 is 24.4 Å². The molecule has 2 amide bonds. The van der Waals surface area contributed by atoms with Crippen molar-refractivity contribution in [3.63, 3.8) is 0 Å². The zero-order chi connectivity index (χ0) is 25.1. The molecule has 36 heavy (non-hydrogen) atoms. The number of aromatic nitrogens is 3. The predicted octanol–water partition coefficient (Wildman–Crippen LogP) is 3.18. The number of hydrogen-bond donors (Lipinski definition) is 1. The van der Waals surface area contributed by atoms with Gasteiger partial charge in [-0.15, -0.1) is 0 Å². The molecule has 0 bridgehead atoms. The number of nitrogens with zero attached hydrogens (tertiary/aromatic N) is 5. The molecule has 3 aromatic heterocycles. The Labute approximate surface area is 207 Å². The SMILES string of the molecule is COc1cc(NC(=O)c2cc(F)ccc2N2CCN(C(=O)Cn3ccc4ccncc43)CC2)ccn1. The third-order valence-corrected chi connectivity index (χ3v) is 6.26. The van der Waals surface area contributed by atoms with E-state index in [1.807, 2.05) is 32.7 Å². The highest BCUT2D eigenvalue weighted by Crippen LogP contribution is 2.25. The van der Waals surface area contributed by atoms with Gasteiger partial charge in [-0.1, -0.05) is 0 Å². The average molecular weight is 489 g/mol. The van der Waals surface area contributed by atoms with Gasteiger partial charge >= 0.3 is 0 Å². The number of benzene rings is 1. The van der Waals surface area contributed by atoms with Gasteiger partial charge in [0.25, 0.3) is 5.91 Å². The summed E-state index contributed by atoms with van der Waals surface area (Å²) in [5.74, 6) is -0.570. The van der Waals surface area contributed by atoms with E-state index in [1.54, 1.807) is 30.6 Å². The minimum absolute atomic E-state index is 0.0136. The van der Waals surface area contributed by atoms with E-state index in [-0.39, 0.29) is 18.0 Å². The molecule has 4 heterocycles. The molecule has 1 aliphatic rings. The molecule has 1 N–H and O–H groups in total. The fraction of sp³-hybridized carbons (Fsp3) is 0.231. The average Bonchev–Trinajstić information content (AvgIpc) is 3.31. The number of piperazine rings is 1. The third-order valence-electron chi connectivity index (χ3n) is 6.26. The Balaban J connectivity index is 1.26. The first-order valence-corrected chi connectivity index (χ1v) is 11.5. The summed E-state index contributed by atoms with van der Waals surface area (Å²) in [6.45, 7) is 2.27. The molecule has 0 saturated carbocycles. The van der Waals surface area contributed by atoms with Crippen LogP contribution in [-0.2, 0) is 11.3 Å². The van der Waals surface area contributed by atoms with E-state index in [2.05, 4.69) is 15.3 Å². The van der Waals surface area contributed by atoms with E-state index in [0.29, 0.717) is 43.4 Å². The molecule has 1 aromatic carbocycles. The number of ether oxygens (including phenoxy) is 1. The fourth-order valence-corrected chi connectivity index (χ4v) is 4.37. The summed E-state index contributed by atoms with van der Waals surface area (Å²) in [6, 6.07) is 11.3. The number of rotatable bonds is 6. The first-order chi connectivity index (χ1) is 17.5. The van der Waals surface area contributed by atoms with Crippen LogP contribution in [0, 0.1) is 5.82 Å². The number of fused-ring (bicyclic) bond motifs is 1. The number of nitrogens with one attached hydrogen (secondary N) is 1. The van der Waals surface area contributed by atoms with E-state index in [4.69, 9.17) is 4.74 Å². The van der Waals surface area contributed by atoms with Crippen molar-refractivity contribution in [2.45, 2.75) is 6.54 Å². The maximum Gasteiger partial charge on any atom is 0.257 e. The quantitative estimate of drug-likeness (QED) is 0.448. The summed E-state index contributed by atoms with van der Waals surface area (Å²) in [7, 11) is 1.49. The van der Waals surface area contributed by atoms with Gasteiger partial charge in [0.15, 0.2) is 0 Å². The third kappa shape index (κ3) is 4.83. The molecule has 0 aliphatic carbocycles. The minimum atomic E-state index is -0.501. The van der Waals surface area contributed by atoms with Crippen LogP contribution in [0.4, 0.5) is 15.8 Å². The zero-order valence-corrected chi connectivity index (χ0v) is 19.7. The van der Waals surface area contributed by atoms with Gasteiger partial charge in [0.1, 0.15) is 12.4 Å². The van der Waals surface area contributed by atoms with E-state index in [1.165, 1.54) is 25.4 Å².